The summed E-state index contributed by atoms with van der Waals surface area (Å²) in [6.07, 6.45) is 2.86. The number of amides is 1. The minimum Gasteiger partial charge on any atom is -0.350 e. The van der Waals surface area contributed by atoms with Crippen molar-refractivity contribution in [2.45, 2.75) is 13.3 Å². The van der Waals surface area contributed by atoms with Crippen LogP contribution in [-0.4, -0.2) is 17.4 Å². The van der Waals surface area contributed by atoms with Crippen LogP contribution in [-0.2, 0) is 0 Å². The van der Waals surface area contributed by atoms with E-state index in [-0.39, 0.29) is 5.91 Å². The summed E-state index contributed by atoms with van der Waals surface area (Å²) >= 11 is 3.28. The van der Waals surface area contributed by atoms with Gasteiger partial charge in [0.05, 0.1) is 0 Å². The molecule has 1 aromatic rings. The molecule has 0 spiro atoms. The first-order valence-electron chi connectivity index (χ1n) is 5.06. The van der Waals surface area contributed by atoms with Gasteiger partial charge in [-0.05, 0) is 46.3 Å². The van der Waals surface area contributed by atoms with Gasteiger partial charge in [0.1, 0.15) is 5.69 Å². The fourth-order valence-corrected chi connectivity index (χ4v) is 1.74. The van der Waals surface area contributed by atoms with Gasteiger partial charge in [-0.1, -0.05) is 6.92 Å². The number of carbonyl (C=O) groups excluding carboxylic acids is 1. The molecule has 1 aliphatic carbocycles. The van der Waals surface area contributed by atoms with Crippen molar-refractivity contribution in [3.63, 3.8) is 0 Å². The molecule has 1 N–H and O–H groups in total. The average molecular weight is 269 g/mol. The molecule has 0 aliphatic heterocycles. The number of nitrogens with zero attached hydrogens (tertiary/aromatic N) is 1. The van der Waals surface area contributed by atoms with E-state index in [1.54, 1.807) is 12.3 Å². The molecule has 0 aromatic carbocycles. The number of rotatable bonds is 3. The van der Waals surface area contributed by atoms with Gasteiger partial charge in [-0.15, -0.1) is 0 Å². The Bertz CT molecular complexity index is 363. The van der Waals surface area contributed by atoms with Gasteiger partial charge in [-0.2, -0.15) is 0 Å². The number of hydrogen-bond acceptors (Lipinski definition) is 2. The van der Waals surface area contributed by atoms with E-state index in [2.05, 4.69) is 33.2 Å². The summed E-state index contributed by atoms with van der Waals surface area (Å²) in [4.78, 5) is 15.6. The number of carbonyl (C=O) groups is 1. The Hall–Kier alpha value is -0.900. The Morgan fingerprint density at radius 2 is 2.40 bits per heavy atom. The van der Waals surface area contributed by atoms with Gasteiger partial charge >= 0.3 is 0 Å². The zero-order valence-corrected chi connectivity index (χ0v) is 10.1. The molecule has 80 valence electrons. The molecule has 0 bridgehead atoms. The summed E-state index contributed by atoms with van der Waals surface area (Å²) < 4.78 is 0.884. The van der Waals surface area contributed by atoms with E-state index in [0.717, 1.165) is 16.9 Å². The number of nitrogens with one attached hydrogen (secondary N) is 1. The molecule has 1 amide bonds. The van der Waals surface area contributed by atoms with Gasteiger partial charge in [0.2, 0.25) is 0 Å². The van der Waals surface area contributed by atoms with Crippen LogP contribution in [0.3, 0.4) is 0 Å². The van der Waals surface area contributed by atoms with E-state index in [1.165, 1.54) is 6.42 Å². The summed E-state index contributed by atoms with van der Waals surface area (Å²) in [5.41, 5.74) is 0.478. The fourth-order valence-electron chi connectivity index (χ4n) is 1.51. The smallest absolute Gasteiger partial charge is 0.269 e. The van der Waals surface area contributed by atoms with Gasteiger partial charge in [-0.3, -0.25) is 4.79 Å². The molecule has 3 nitrogen and oxygen atoms in total. The molecular weight excluding hydrogens is 256 g/mol. The molecule has 4 heteroatoms. The van der Waals surface area contributed by atoms with Crippen LogP contribution in [0.1, 0.15) is 23.8 Å². The minimum atomic E-state index is -0.0819. The van der Waals surface area contributed by atoms with Crippen LogP contribution in [0.4, 0.5) is 0 Å². The molecule has 2 rings (SSSR count). The van der Waals surface area contributed by atoms with Crippen LogP contribution in [0.5, 0.6) is 0 Å². The number of halogens is 1. The molecule has 2 unspecified atom stereocenters. The predicted octanol–water partition coefficient (Wildman–Crippen LogP) is 2.23. The Labute approximate surface area is 97.4 Å². The van der Waals surface area contributed by atoms with Crippen molar-refractivity contribution in [2.24, 2.45) is 11.8 Å². The third kappa shape index (κ3) is 2.78. The molecular formula is C11H13BrN2O. The van der Waals surface area contributed by atoms with E-state index in [9.17, 15) is 4.79 Å². The molecule has 1 fully saturated rings. The number of pyridine rings is 1. The summed E-state index contributed by atoms with van der Waals surface area (Å²) in [5, 5.41) is 2.89. The average Bonchev–Trinajstić information content (AvgIpc) is 2.92. The van der Waals surface area contributed by atoms with Crippen molar-refractivity contribution in [1.29, 1.82) is 0 Å². The van der Waals surface area contributed by atoms with Crippen molar-refractivity contribution < 1.29 is 4.79 Å². The van der Waals surface area contributed by atoms with E-state index >= 15 is 0 Å². The maximum absolute atomic E-state index is 11.6. The maximum atomic E-state index is 11.6. The van der Waals surface area contributed by atoms with Crippen molar-refractivity contribution in [2.75, 3.05) is 6.54 Å². The highest BCUT2D eigenvalue weighted by Gasteiger charge is 2.32. The molecule has 1 aromatic heterocycles. The Balaban J connectivity index is 1.87. The third-order valence-corrected chi connectivity index (χ3v) is 3.23. The summed E-state index contributed by atoms with van der Waals surface area (Å²) in [7, 11) is 0. The van der Waals surface area contributed by atoms with Crippen LogP contribution >= 0.6 is 15.9 Å². The summed E-state index contributed by atoms with van der Waals surface area (Å²) in [6.45, 7) is 2.98. The van der Waals surface area contributed by atoms with Gasteiger partial charge in [0.15, 0.2) is 0 Å². The number of hydrogen-bond donors (Lipinski definition) is 1. The van der Waals surface area contributed by atoms with Crippen molar-refractivity contribution in [1.82, 2.24) is 10.3 Å². The second-order valence-electron chi connectivity index (χ2n) is 4.04. The predicted molar refractivity (Wildman–Crippen MR) is 61.5 cm³/mol. The largest absolute Gasteiger partial charge is 0.350 e. The lowest BCUT2D eigenvalue weighted by molar-refractivity contribution is 0.0946. The molecule has 0 saturated heterocycles. The van der Waals surface area contributed by atoms with Crippen molar-refractivity contribution in [3.05, 3.63) is 28.5 Å². The first kappa shape index (κ1) is 10.6. The highest BCUT2D eigenvalue weighted by Crippen LogP contribution is 2.36. The van der Waals surface area contributed by atoms with Crippen LogP contribution in [0, 0.1) is 11.8 Å². The summed E-state index contributed by atoms with van der Waals surface area (Å²) in [5.74, 6) is 1.36. The molecule has 1 heterocycles. The van der Waals surface area contributed by atoms with Crippen LogP contribution in [0.2, 0.25) is 0 Å². The van der Waals surface area contributed by atoms with E-state index < -0.39 is 0 Å². The lowest BCUT2D eigenvalue weighted by atomic mass is 10.3. The SMILES string of the molecule is CC1CC1CNC(=O)c1ccc(Br)cn1. The monoisotopic (exact) mass is 268 g/mol. The zero-order valence-electron chi connectivity index (χ0n) is 8.53. The van der Waals surface area contributed by atoms with Gasteiger partial charge in [0, 0.05) is 17.2 Å². The molecule has 2 atom stereocenters. The van der Waals surface area contributed by atoms with Crippen LogP contribution < -0.4 is 5.32 Å². The highest BCUT2D eigenvalue weighted by molar-refractivity contribution is 9.10. The lowest BCUT2D eigenvalue weighted by Gasteiger charge is -2.03. The second kappa shape index (κ2) is 4.31. The first-order chi connectivity index (χ1) is 7.16. The number of aromatic nitrogens is 1. The Morgan fingerprint density at radius 3 is 2.93 bits per heavy atom. The molecule has 15 heavy (non-hydrogen) atoms. The third-order valence-electron chi connectivity index (χ3n) is 2.76. The van der Waals surface area contributed by atoms with Crippen molar-refractivity contribution in [3.8, 4) is 0 Å². The van der Waals surface area contributed by atoms with Gasteiger partial charge in [0.25, 0.3) is 5.91 Å². The maximum Gasteiger partial charge on any atom is 0.269 e. The van der Waals surface area contributed by atoms with Gasteiger partial charge in [-0.25, -0.2) is 4.98 Å². The van der Waals surface area contributed by atoms with E-state index in [4.69, 9.17) is 0 Å². The molecule has 0 radical (unpaired) electrons. The topological polar surface area (TPSA) is 42.0 Å². The van der Waals surface area contributed by atoms with Gasteiger partial charge < -0.3 is 5.32 Å². The Kier molecular flexibility index (Phi) is 3.05. The molecule has 1 saturated carbocycles. The van der Waals surface area contributed by atoms with Crippen molar-refractivity contribution >= 4 is 21.8 Å². The molecule has 1 aliphatic rings. The van der Waals surface area contributed by atoms with Crippen LogP contribution in [0.25, 0.3) is 0 Å². The summed E-state index contributed by atoms with van der Waals surface area (Å²) in [6, 6.07) is 3.54. The second-order valence-corrected chi connectivity index (χ2v) is 4.96. The Morgan fingerprint density at radius 1 is 1.67 bits per heavy atom. The minimum absolute atomic E-state index is 0.0819. The standard InChI is InChI=1S/C11H13BrN2O/c1-7-4-8(7)5-14-11(15)10-3-2-9(12)6-13-10/h2-3,6-8H,4-5H2,1H3,(H,14,15). The zero-order chi connectivity index (χ0) is 10.8. The quantitative estimate of drug-likeness (QED) is 0.914. The lowest BCUT2D eigenvalue weighted by Crippen LogP contribution is -2.26. The normalized spacial score (nSPS) is 23.6. The van der Waals surface area contributed by atoms with E-state index in [1.807, 2.05) is 6.07 Å². The first-order valence-corrected chi connectivity index (χ1v) is 5.86. The fraction of sp³-hybridized carbons (Fsp3) is 0.455. The van der Waals surface area contributed by atoms with E-state index in [0.29, 0.717) is 11.6 Å². The van der Waals surface area contributed by atoms with Crippen LogP contribution in [0.15, 0.2) is 22.8 Å². The highest BCUT2D eigenvalue weighted by atomic mass is 79.9.